The number of rotatable bonds is 3. The van der Waals surface area contributed by atoms with Crippen molar-refractivity contribution in [2.45, 2.75) is 25.3 Å². The molecule has 0 spiro atoms. The van der Waals surface area contributed by atoms with E-state index < -0.39 is 0 Å². The Bertz CT molecular complexity index is 299. The van der Waals surface area contributed by atoms with Gasteiger partial charge in [0.05, 0.1) is 0 Å². The lowest BCUT2D eigenvalue weighted by Crippen LogP contribution is -2.32. The first kappa shape index (κ1) is 10.6. The van der Waals surface area contributed by atoms with Crippen LogP contribution in [-0.4, -0.2) is 41.1 Å². The third kappa shape index (κ3) is 2.38. The molecule has 4 heteroatoms. The van der Waals surface area contributed by atoms with E-state index in [-0.39, 0.29) is 0 Å². The van der Waals surface area contributed by atoms with Gasteiger partial charge >= 0.3 is 0 Å². The third-order valence-electron chi connectivity index (χ3n) is 3.20. The van der Waals surface area contributed by atoms with E-state index in [1.165, 1.54) is 25.9 Å². The van der Waals surface area contributed by atoms with Crippen molar-refractivity contribution in [3.63, 3.8) is 0 Å². The molecule has 2 N–H and O–H groups in total. The van der Waals surface area contributed by atoms with Gasteiger partial charge < -0.3 is 15.2 Å². The summed E-state index contributed by atoms with van der Waals surface area (Å²) in [5.41, 5.74) is 5.58. The largest absolute Gasteiger partial charge is 0.332 e. The molecule has 1 saturated heterocycles. The van der Waals surface area contributed by atoms with Gasteiger partial charge in [-0.15, -0.1) is 0 Å². The third-order valence-corrected chi connectivity index (χ3v) is 3.20. The Morgan fingerprint density at radius 2 is 2.20 bits per heavy atom. The first-order valence-corrected chi connectivity index (χ1v) is 5.71. The summed E-state index contributed by atoms with van der Waals surface area (Å²) in [7, 11) is 2.19. The number of piperidine rings is 1. The number of hydrogen-bond acceptors (Lipinski definition) is 3. The van der Waals surface area contributed by atoms with Crippen molar-refractivity contribution in [1.29, 1.82) is 0 Å². The molecular formula is C11H20N4. The van der Waals surface area contributed by atoms with Gasteiger partial charge in [0, 0.05) is 24.9 Å². The molecule has 0 aliphatic carbocycles. The summed E-state index contributed by atoms with van der Waals surface area (Å²) in [6.07, 6.45) is 7.33. The van der Waals surface area contributed by atoms with Crippen LogP contribution < -0.4 is 5.73 Å². The van der Waals surface area contributed by atoms with E-state index in [1.54, 1.807) is 0 Å². The van der Waals surface area contributed by atoms with E-state index in [1.807, 2.05) is 6.20 Å². The fourth-order valence-corrected chi connectivity index (χ4v) is 2.27. The maximum atomic E-state index is 5.58. The fraction of sp³-hybridized carbons (Fsp3) is 0.727. The summed E-state index contributed by atoms with van der Waals surface area (Å²) >= 11 is 0. The van der Waals surface area contributed by atoms with Crippen molar-refractivity contribution in [1.82, 2.24) is 14.5 Å². The summed E-state index contributed by atoms with van der Waals surface area (Å²) in [5, 5.41) is 0. The topological polar surface area (TPSA) is 47.1 Å². The lowest BCUT2D eigenvalue weighted by molar-refractivity contribution is 0.219. The molecule has 2 heterocycles. The Balaban J connectivity index is 2.05. The van der Waals surface area contributed by atoms with Gasteiger partial charge in [-0.1, -0.05) is 0 Å². The van der Waals surface area contributed by atoms with Gasteiger partial charge in [-0.2, -0.15) is 0 Å². The molecule has 1 fully saturated rings. The van der Waals surface area contributed by atoms with Crippen LogP contribution in [0.15, 0.2) is 12.4 Å². The van der Waals surface area contributed by atoms with Gasteiger partial charge in [-0.3, -0.25) is 0 Å². The van der Waals surface area contributed by atoms with E-state index in [4.69, 9.17) is 5.73 Å². The van der Waals surface area contributed by atoms with E-state index in [2.05, 4.69) is 27.7 Å². The minimum atomic E-state index is 0.630. The number of imidazole rings is 1. The first-order valence-electron chi connectivity index (χ1n) is 5.71. The molecule has 2 rings (SSSR count). The average molecular weight is 208 g/mol. The molecule has 1 aliphatic heterocycles. The molecular weight excluding hydrogens is 188 g/mol. The van der Waals surface area contributed by atoms with E-state index >= 15 is 0 Å². The molecule has 0 atom stereocenters. The predicted molar refractivity (Wildman–Crippen MR) is 60.8 cm³/mol. The molecule has 0 saturated carbocycles. The van der Waals surface area contributed by atoms with Gasteiger partial charge in [0.2, 0.25) is 0 Å². The average Bonchev–Trinajstić information content (AvgIpc) is 2.68. The molecule has 0 radical (unpaired) electrons. The van der Waals surface area contributed by atoms with Gasteiger partial charge in [-0.05, 0) is 39.5 Å². The minimum Gasteiger partial charge on any atom is -0.332 e. The van der Waals surface area contributed by atoms with Crippen molar-refractivity contribution in [2.24, 2.45) is 5.73 Å². The van der Waals surface area contributed by atoms with Crippen LogP contribution >= 0.6 is 0 Å². The van der Waals surface area contributed by atoms with Crippen molar-refractivity contribution >= 4 is 0 Å². The Kier molecular flexibility index (Phi) is 3.38. The number of hydrogen-bond donors (Lipinski definition) is 1. The number of likely N-dealkylation sites (tertiary alicyclic amines) is 1. The summed E-state index contributed by atoms with van der Waals surface area (Å²) < 4.78 is 2.32. The molecule has 1 aromatic rings. The number of aromatic nitrogens is 2. The summed E-state index contributed by atoms with van der Waals surface area (Å²) in [4.78, 5) is 6.75. The number of nitrogens with two attached hydrogens (primary N) is 1. The molecule has 15 heavy (non-hydrogen) atoms. The minimum absolute atomic E-state index is 0.630. The summed E-state index contributed by atoms with van der Waals surface area (Å²) in [6, 6.07) is 0.630. The molecule has 0 unspecified atom stereocenters. The standard InChI is InChI=1S/C11H20N4/c1-14-7-3-10(4-8-14)15-9-6-13-11(15)2-5-12/h6,9-10H,2-5,7-8,12H2,1H3. The van der Waals surface area contributed by atoms with E-state index in [0.29, 0.717) is 12.6 Å². The summed E-state index contributed by atoms with van der Waals surface area (Å²) in [5.74, 6) is 1.15. The van der Waals surface area contributed by atoms with Crippen LogP contribution in [0.2, 0.25) is 0 Å². The first-order chi connectivity index (χ1) is 7.31. The van der Waals surface area contributed by atoms with Gasteiger partial charge in [0.25, 0.3) is 0 Å². The van der Waals surface area contributed by atoms with Crippen molar-refractivity contribution < 1.29 is 0 Å². The molecule has 4 nitrogen and oxygen atoms in total. The second-order valence-electron chi connectivity index (χ2n) is 4.32. The fourth-order valence-electron chi connectivity index (χ4n) is 2.27. The Morgan fingerprint density at radius 3 is 2.87 bits per heavy atom. The second-order valence-corrected chi connectivity index (χ2v) is 4.32. The van der Waals surface area contributed by atoms with E-state index in [0.717, 1.165) is 12.2 Å². The number of nitrogens with zero attached hydrogens (tertiary/aromatic N) is 3. The molecule has 0 aromatic carbocycles. The zero-order valence-electron chi connectivity index (χ0n) is 9.39. The van der Waals surface area contributed by atoms with Crippen LogP contribution in [0.1, 0.15) is 24.7 Å². The van der Waals surface area contributed by atoms with Crippen LogP contribution in [0, 0.1) is 0 Å². The highest BCUT2D eigenvalue weighted by atomic mass is 15.1. The zero-order valence-corrected chi connectivity index (χ0v) is 9.39. The lowest BCUT2D eigenvalue weighted by Gasteiger charge is -2.30. The van der Waals surface area contributed by atoms with Crippen molar-refractivity contribution in [3.8, 4) is 0 Å². The monoisotopic (exact) mass is 208 g/mol. The van der Waals surface area contributed by atoms with Gasteiger partial charge in [0.1, 0.15) is 5.82 Å². The van der Waals surface area contributed by atoms with Gasteiger partial charge in [0.15, 0.2) is 0 Å². The highest BCUT2D eigenvalue weighted by molar-refractivity contribution is 4.97. The molecule has 84 valence electrons. The highest BCUT2D eigenvalue weighted by Crippen LogP contribution is 2.22. The SMILES string of the molecule is CN1CCC(n2ccnc2CCN)CC1. The maximum absolute atomic E-state index is 5.58. The lowest BCUT2D eigenvalue weighted by atomic mass is 10.1. The van der Waals surface area contributed by atoms with Crippen LogP contribution in [0.5, 0.6) is 0 Å². The van der Waals surface area contributed by atoms with Gasteiger partial charge in [-0.25, -0.2) is 4.98 Å². The van der Waals surface area contributed by atoms with Crippen molar-refractivity contribution in [3.05, 3.63) is 18.2 Å². The van der Waals surface area contributed by atoms with Crippen LogP contribution in [0.4, 0.5) is 0 Å². The molecule has 0 bridgehead atoms. The van der Waals surface area contributed by atoms with Crippen molar-refractivity contribution in [2.75, 3.05) is 26.7 Å². The second kappa shape index (κ2) is 4.77. The van der Waals surface area contributed by atoms with Crippen LogP contribution in [0.3, 0.4) is 0 Å². The highest BCUT2D eigenvalue weighted by Gasteiger charge is 2.19. The van der Waals surface area contributed by atoms with E-state index in [9.17, 15) is 0 Å². The quantitative estimate of drug-likeness (QED) is 0.793. The maximum Gasteiger partial charge on any atom is 0.110 e. The molecule has 1 aromatic heterocycles. The summed E-state index contributed by atoms with van der Waals surface area (Å²) in [6.45, 7) is 3.06. The molecule has 1 aliphatic rings. The Morgan fingerprint density at radius 1 is 1.47 bits per heavy atom. The van der Waals surface area contributed by atoms with Crippen LogP contribution in [0.25, 0.3) is 0 Å². The zero-order chi connectivity index (χ0) is 10.7. The smallest absolute Gasteiger partial charge is 0.110 e. The Hall–Kier alpha value is -0.870. The Labute approximate surface area is 91.1 Å². The molecule has 0 amide bonds. The normalized spacial score (nSPS) is 19.6. The van der Waals surface area contributed by atoms with Crippen LogP contribution in [-0.2, 0) is 6.42 Å². The predicted octanol–water partition coefficient (Wildman–Crippen LogP) is 0.651.